The van der Waals surface area contributed by atoms with Crippen LogP contribution >= 0.6 is 11.3 Å². The van der Waals surface area contributed by atoms with Crippen LogP contribution in [0.25, 0.3) is 0 Å². The number of amides is 1. The van der Waals surface area contributed by atoms with Crippen molar-refractivity contribution in [1.82, 2.24) is 10.2 Å². The molecule has 1 unspecified atom stereocenters. The maximum absolute atomic E-state index is 11.9. The minimum Gasteiger partial charge on any atom is -0.384 e. The molecule has 110 valence electrons. The Morgan fingerprint density at radius 1 is 1.55 bits per heavy atom. The first-order chi connectivity index (χ1) is 9.58. The molecule has 1 heterocycles. The standard InChI is InChI=1S/C15H22N2O2S/c1-4-12(2)17(3)10-9-16-15(19)14-8-7-13(20-14)6-5-11-18/h7-8,12,18H,4,9-11H2,1-3H3,(H,16,19). The molecule has 0 saturated heterocycles. The van der Waals surface area contributed by atoms with Gasteiger partial charge in [0.2, 0.25) is 0 Å². The average Bonchev–Trinajstić information content (AvgIpc) is 2.92. The number of likely N-dealkylation sites (N-methyl/N-ethyl adjacent to an activating group) is 1. The SMILES string of the molecule is CCC(C)N(C)CCNC(=O)c1ccc(C#CCO)s1. The van der Waals surface area contributed by atoms with E-state index in [9.17, 15) is 4.79 Å². The first-order valence-electron chi connectivity index (χ1n) is 6.76. The first kappa shape index (κ1) is 16.7. The number of hydrogen-bond donors (Lipinski definition) is 2. The van der Waals surface area contributed by atoms with Gasteiger partial charge in [-0.15, -0.1) is 11.3 Å². The van der Waals surface area contributed by atoms with E-state index < -0.39 is 0 Å². The molecule has 0 aliphatic heterocycles. The number of nitrogens with one attached hydrogen (secondary N) is 1. The maximum atomic E-state index is 11.9. The highest BCUT2D eigenvalue weighted by Crippen LogP contribution is 2.15. The minimum atomic E-state index is -0.165. The minimum absolute atomic E-state index is 0.0652. The van der Waals surface area contributed by atoms with Crippen LogP contribution in [-0.4, -0.2) is 48.7 Å². The number of aliphatic hydroxyl groups excluding tert-OH is 1. The average molecular weight is 294 g/mol. The van der Waals surface area contributed by atoms with E-state index in [2.05, 4.69) is 43.0 Å². The Morgan fingerprint density at radius 3 is 2.95 bits per heavy atom. The van der Waals surface area contributed by atoms with Gasteiger partial charge in [-0.1, -0.05) is 18.8 Å². The van der Waals surface area contributed by atoms with Gasteiger partial charge in [-0.3, -0.25) is 4.79 Å². The third-order valence-corrected chi connectivity index (χ3v) is 4.21. The summed E-state index contributed by atoms with van der Waals surface area (Å²) in [5, 5.41) is 11.5. The van der Waals surface area contributed by atoms with Gasteiger partial charge in [0.1, 0.15) is 6.61 Å². The predicted molar refractivity (Wildman–Crippen MR) is 83.0 cm³/mol. The van der Waals surface area contributed by atoms with E-state index in [1.54, 1.807) is 12.1 Å². The zero-order valence-electron chi connectivity index (χ0n) is 12.3. The smallest absolute Gasteiger partial charge is 0.261 e. The molecule has 0 bridgehead atoms. The summed E-state index contributed by atoms with van der Waals surface area (Å²) >= 11 is 1.34. The van der Waals surface area contributed by atoms with Crippen LogP contribution in [-0.2, 0) is 0 Å². The quantitative estimate of drug-likeness (QED) is 0.783. The zero-order chi connectivity index (χ0) is 15.0. The molecule has 5 heteroatoms. The van der Waals surface area contributed by atoms with Gasteiger partial charge in [0.05, 0.1) is 9.75 Å². The molecule has 0 aromatic carbocycles. The van der Waals surface area contributed by atoms with Gasteiger partial charge in [0, 0.05) is 19.1 Å². The third kappa shape index (κ3) is 5.33. The summed E-state index contributed by atoms with van der Waals surface area (Å²) in [7, 11) is 2.06. The van der Waals surface area contributed by atoms with Crippen molar-refractivity contribution in [2.24, 2.45) is 0 Å². The molecule has 0 saturated carbocycles. The number of thiophene rings is 1. The largest absolute Gasteiger partial charge is 0.384 e. The van der Waals surface area contributed by atoms with Crippen molar-refractivity contribution in [2.75, 3.05) is 26.7 Å². The van der Waals surface area contributed by atoms with Gasteiger partial charge in [0.25, 0.3) is 5.91 Å². The lowest BCUT2D eigenvalue weighted by atomic mass is 10.2. The lowest BCUT2D eigenvalue weighted by Crippen LogP contribution is -2.36. The van der Waals surface area contributed by atoms with Gasteiger partial charge in [-0.05, 0) is 32.5 Å². The molecular formula is C15H22N2O2S. The lowest BCUT2D eigenvalue weighted by Gasteiger charge is -2.23. The molecule has 0 aliphatic rings. The van der Waals surface area contributed by atoms with Crippen LogP contribution < -0.4 is 5.32 Å². The zero-order valence-corrected chi connectivity index (χ0v) is 13.1. The fourth-order valence-electron chi connectivity index (χ4n) is 1.62. The Kier molecular flexibility index (Phi) is 7.31. The summed E-state index contributed by atoms with van der Waals surface area (Å²) in [6.07, 6.45) is 1.10. The van der Waals surface area contributed by atoms with Gasteiger partial charge in [0.15, 0.2) is 0 Å². The Hall–Kier alpha value is -1.35. The van der Waals surface area contributed by atoms with Crippen LogP contribution in [0.3, 0.4) is 0 Å². The van der Waals surface area contributed by atoms with E-state index in [0.29, 0.717) is 17.5 Å². The second kappa shape index (κ2) is 8.75. The van der Waals surface area contributed by atoms with Crippen molar-refractivity contribution < 1.29 is 9.90 Å². The van der Waals surface area contributed by atoms with E-state index in [4.69, 9.17) is 5.11 Å². The van der Waals surface area contributed by atoms with Gasteiger partial charge in [-0.2, -0.15) is 0 Å². The molecule has 0 radical (unpaired) electrons. The monoisotopic (exact) mass is 294 g/mol. The molecule has 0 fully saturated rings. The second-order valence-corrected chi connectivity index (χ2v) is 5.70. The van der Waals surface area contributed by atoms with Crippen molar-refractivity contribution in [3.8, 4) is 11.8 Å². The highest BCUT2D eigenvalue weighted by atomic mass is 32.1. The van der Waals surface area contributed by atoms with E-state index in [1.165, 1.54) is 11.3 Å². The summed E-state index contributed by atoms with van der Waals surface area (Å²) in [5.74, 6) is 5.30. The summed E-state index contributed by atoms with van der Waals surface area (Å²) in [4.78, 5) is 15.6. The first-order valence-corrected chi connectivity index (χ1v) is 7.58. The van der Waals surface area contributed by atoms with Crippen LogP contribution in [0.1, 0.15) is 34.8 Å². The fourth-order valence-corrected chi connectivity index (χ4v) is 2.42. The van der Waals surface area contributed by atoms with Gasteiger partial charge < -0.3 is 15.3 Å². The highest BCUT2D eigenvalue weighted by Gasteiger charge is 2.10. The van der Waals surface area contributed by atoms with Gasteiger partial charge >= 0.3 is 0 Å². The number of rotatable bonds is 6. The van der Waals surface area contributed by atoms with Crippen molar-refractivity contribution in [1.29, 1.82) is 0 Å². The van der Waals surface area contributed by atoms with E-state index in [1.807, 2.05) is 0 Å². The van der Waals surface area contributed by atoms with E-state index in [-0.39, 0.29) is 12.5 Å². The fraction of sp³-hybridized carbons (Fsp3) is 0.533. The van der Waals surface area contributed by atoms with Crippen LogP contribution in [0.5, 0.6) is 0 Å². The Labute approximate surface area is 124 Å². The number of hydrogen-bond acceptors (Lipinski definition) is 4. The number of carbonyl (C=O) groups excluding carboxylic acids is 1. The number of aliphatic hydroxyl groups is 1. The molecular weight excluding hydrogens is 272 g/mol. The van der Waals surface area contributed by atoms with Crippen LogP contribution in [0, 0.1) is 11.8 Å². The molecule has 0 aliphatic carbocycles. The second-order valence-electron chi connectivity index (χ2n) is 4.62. The Bertz CT molecular complexity index is 488. The van der Waals surface area contributed by atoms with Crippen molar-refractivity contribution >= 4 is 17.2 Å². The van der Waals surface area contributed by atoms with Crippen molar-refractivity contribution in [2.45, 2.75) is 26.3 Å². The van der Waals surface area contributed by atoms with E-state index in [0.717, 1.165) is 17.8 Å². The molecule has 1 rings (SSSR count). The van der Waals surface area contributed by atoms with E-state index >= 15 is 0 Å². The molecule has 0 spiro atoms. The molecule has 2 N–H and O–H groups in total. The molecule has 1 amide bonds. The third-order valence-electron chi connectivity index (χ3n) is 3.21. The molecule has 20 heavy (non-hydrogen) atoms. The summed E-state index contributed by atoms with van der Waals surface area (Å²) < 4.78 is 0. The predicted octanol–water partition coefficient (Wildman–Crippen LogP) is 1.55. The van der Waals surface area contributed by atoms with Crippen molar-refractivity contribution in [3.05, 3.63) is 21.9 Å². The summed E-state index contributed by atoms with van der Waals surface area (Å²) in [6, 6.07) is 4.09. The molecule has 4 nitrogen and oxygen atoms in total. The molecule has 1 atom stereocenters. The maximum Gasteiger partial charge on any atom is 0.261 e. The van der Waals surface area contributed by atoms with Crippen LogP contribution in [0.2, 0.25) is 0 Å². The van der Waals surface area contributed by atoms with Crippen molar-refractivity contribution in [3.63, 3.8) is 0 Å². The van der Waals surface area contributed by atoms with Crippen LogP contribution in [0.4, 0.5) is 0 Å². The number of carbonyl (C=O) groups is 1. The highest BCUT2D eigenvalue weighted by molar-refractivity contribution is 7.14. The Balaban J connectivity index is 2.41. The molecule has 1 aromatic rings. The topological polar surface area (TPSA) is 52.6 Å². The lowest BCUT2D eigenvalue weighted by molar-refractivity contribution is 0.0951. The van der Waals surface area contributed by atoms with Crippen LogP contribution in [0.15, 0.2) is 12.1 Å². The normalized spacial score (nSPS) is 11.8. The summed E-state index contributed by atoms with van der Waals surface area (Å²) in [6.45, 7) is 5.63. The number of nitrogens with zero attached hydrogens (tertiary/aromatic N) is 1. The van der Waals surface area contributed by atoms with Gasteiger partial charge in [-0.25, -0.2) is 0 Å². The summed E-state index contributed by atoms with van der Waals surface area (Å²) in [5.41, 5.74) is 0. The Morgan fingerprint density at radius 2 is 2.30 bits per heavy atom. The molecule has 1 aromatic heterocycles.